The van der Waals surface area contributed by atoms with Gasteiger partial charge < -0.3 is 4.74 Å². The number of benzene rings is 1. The number of allylic oxidation sites excluding steroid dienone is 1. The topological polar surface area (TPSA) is 26.3 Å². The summed E-state index contributed by atoms with van der Waals surface area (Å²) in [6.07, 6.45) is 3.21. The second kappa shape index (κ2) is 5.36. The summed E-state index contributed by atoms with van der Waals surface area (Å²) in [5.41, 5.74) is 2.49. The fraction of sp³-hybridized carbons (Fsp3) is 0.267. The van der Waals surface area contributed by atoms with Gasteiger partial charge in [-0.2, -0.15) is 0 Å². The van der Waals surface area contributed by atoms with Gasteiger partial charge in [0.25, 0.3) is 0 Å². The monoisotopic (exact) mass is 260 g/mol. The highest BCUT2D eigenvalue weighted by molar-refractivity contribution is 7.20. The van der Waals surface area contributed by atoms with Gasteiger partial charge >= 0.3 is 5.97 Å². The van der Waals surface area contributed by atoms with Crippen LogP contribution in [-0.2, 0) is 4.74 Å². The highest BCUT2D eigenvalue weighted by Gasteiger charge is 2.11. The Balaban J connectivity index is 2.55. The van der Waals surface area contributed by atoms with Crippen LogP contribution in [0.25, 0.3) is 16.2 Å². The van der Waals surface area contributed by atoms with Crippen molar-refractivity contribution in [3.05, 3.63) is 40.3 Å². The van der Waals surface area contributed by atoms with Gasteiger partial charge in [-0.3, -0.25) is 0 Å². The van der Waals surface area contributed by atoms with Crippen molar-refractivity contribution in [3.63, 3.8) is 0 Å². The van der Waals surface area contributed by atoms with E-state index in [4.69, 9.17) is 4.74 Å². The number of rotatable bonds is 3. The Morgan fingerprint density at radius 2 is 2.22 bits per heavy atom. The van der Waals surface area contributed by atoms with E-state index >= 15 is 0 Å². The Kier molecular flexibility index (Phi) is 3.82. The predicted molar refractivity (Wildman–Crippen MR) is 77.1 cm³/mol. The second-order valence-electron chi connectivity index (χ2n) is 4.21. The number of hydrogen-bond donors (Lipinski definition) is 0. The fourth-order valence-electron chi connectivity index (χ4n) is 1.78. The molecule has 0 radical (unpaired) electrons. The summed E-state index contributed by atoms with van der Waals surface area (Å²) in [5, 5.41) is 1.12. The molecule has 94 valence electrons. The Hall–Kier alpha value is -1.61. The van der Waals surface area contributed by atoms with Crippen LogP contribution in [0.1, 0.15) is 35.5 Å². The van der Waals surface area contributed by atoms with E-state index in [0.29, 0.717) is 4.88 Å². The fourth-order valence-corrected chi connectivity index (χ4v) is 2.79. The molecule has 0 saturated heterocycles. The maximum Gasteiger partial charge on any atom is 0.348 e. The molecule has 3 heteroatoms. The normalized spacial score (nSPS) is 11.8. The third kappa shape index (κ3) is 2.46. The summed E-state index contributed by atoms with van der Waals surface area (Å²) in [6.45, 7) is 4.26. The molecule has 0 aliphatic carbocycles. The standard InChI is InChI=1S/C15H16O2S/c1-4-10(2)8-11-6-5-7-13-12(11)9-14(18-13)15(16)17-3/h5-9H,4H2,1-3H3. The lowest BCUT2D eigenvalue weighted by Gasteiger charge is -1.99. The number of esters is 1. The minimum absolute atomic E-state index is 0.265. The summed E-state index contributed by atoms with van der Waals surface area (Å²) >= 11 is 1.48. The molecule has 0 aliphatic rings. The molecule has 0 bridgehead atoms. The molecule has 0 spiro atoms. The van der Waals surface area contributed by atoms with Crippen LogP contribution in [0.2, 0.25) is 0 Å². The van der Waals surface area contributed by atoms with Gasteiger partial charge in [0, 0.05) is 10.1 Å². The zero-order valence-corrected chi connectivity index (χ0v) is 11.6. The first-order valence-corrected chi connectivity index (χ1v) is 6.75. The minimum Gasteiger partial charge on any atom is -0.465 e. The maximum absolute atomic E-state index is 11.5. The largest absolute Gasteiger partial charge is 0.465 e. The molecule has 1 aromatic heterocycles. The summed E-state index contributed by atoms with van der Waals surface area (Å²) < 4.78 is 5.88. The van der Waals surface area contributed by atoms with E-state index in [1.54, 1.807) is 0 Å². The van der Waals surface area contributed by atoms with Gasteiger partial charge in [-0.05, 0) is 31.0 Å². The first-order chi connectivity index (χ1) is 8.65. The predicted octanol–water partition coefficient (Wildman–Crippen LogP) is 4.50. The highest BCUT2D eigenvalue weighted by Crippen LogP contribution is 2.30. The Morgan fingerprint density at radius 3 is 2.89 bits per heavy atom. The lowest BCUT2D eigenvalue weighted by Crippen LogP contribution is -1.96. The number of carbonyl (C=O) groups excluding carboxylic acids is 1. The Bertz CT molecular complexity index is 608. The number of thiophene rings is 1. The summed E-state index contributed by atoms with van der Waals surface area (Å²) in [7, 11) is 1.41. The molecule has 1 heterocycles. The van der Waals surface area contributed by atoms with Gasteiger partial charge in [-0.1, -0.05) is 30.7 Å². The average molecular weight is 260 g/mol. The van der Waals surface area contributed by atoms with Crippen molar-refractivity contribution in [1.29, 1.82) is 0 Å². The molecule has 0 N–H and O–H groups in total. The van der Waals surface area contributed by atoms with E-state index < -0.39 is 0 Å². The van der Waals surface area contributed by atoms with E-state index in [9.17, 15) is 4.79 Å². The van der Waals surface area contributed by atoms with Crippen molar-refractivity contribution in [2.24, 2.45) is 0 Å². The van der Waals surface area contributed by atoms with Crippen LogP contribution in [0.5, 0.6) is 0 Å². The SMILES string of the molecule is CCC(C)=Cc1cccc2sc(C(=O)OC)cc12. The molecular weight excluding hydrogens is 244 g/mol. The van der Waals surface area contributed by atoms with Gasteiger partial charge in [0.15, 0.2) is 0 Å². The summed E-state index contributed by atoms with van der Waals surface area (Å²) in [4.78, 5) is 12.2. The first kappa shape index (κ1) is 12.8. The van der Waals surface area contributed by atoms with Crippen LogP contribution in [0.15, 0.2) is 29.8 Å². The van der Waals surface area contributed by atoms with Crippen molar-refractivity contribution in [2.75, 3.05) is 7.11 Å². The maximum atomic E-state index is 11.5. The van der Waals surface area contributed by atoms with Gasteiger partial charge in [0.05, 0.1) is 7.11 Å². The van der Waals surface area contributed by atoms with E-state index in [1.165, 1.54) is 29.6 Å². The van der Waals surface area contributed by atoms with E-state index in [1.807, 2.05) is 18.2 Å². The number of ether oxygens (including phenoxy) is 1. The molecule has 0 fully saturated rings. The second-order valence-corrected chi connectivity index (χ2v) is 5.29. The van der Waals surface area contributed by atoms with Crippen LogP contribution in [0, 0.1) is 0 Å². The third-order valence-electron chi connectivity index (χ3n) is 2.94. The number of carbonyl (C=O) groups is 1. The van der Waals surface area contributed by atoms with E-state index in [0.717, 1.165) is 16.5 Å². The quantitative estimate of drug-likeness (QED) is 0.759. The Morgan fingerprint density at radius 1 is 1.44 bits per heavy atom. The smallest absolute Gasteiger partial charge is 0.348 e. The number of methoxy groups -OCH3 is 1. The van der Waals surface area contributed by atoms with Gasteiger partial charge in [0.2, 0.25) is 0 Å². The van der Waals surface area contributed by atoms with Gasteiger partial charge in [-0.15, -0.1) is 11.3 Å². The molecule has 0 atom stereocenters. The molecule has 2 rings (SSSR count). The summed E-state index contributed by atoms with van der Waals surface area (Å²) in [5.74, 6) is -0.265. The lowest BCUT2D eigenvalue weighted by atomic mass is 10.1. The van der Waals surface area contributed by atoms with Gasteiger partial charge in [-0.25, -0.2) is 4.79 Å². The van der Waals surface area contributed by atoms with Crippen molar-refractivity contribution in [3.8, 4) is 0 Å². The summed E-state index contributed by atoms with van der Waals surface area (Å²) in [6, 6.07) is 8.05. The van der Waals surface area contributed by atoms with Crippen LogP contribution in [0.3, 0.4) is 0 Å². The Labute approximate surface area is 111 Å². The third-order valence-corrected chi connectivity index (χ3v) is 4.02. The minimum atomic E-state index is -0.265. The molecule has 18 heavy (non-hydrogen) atoms. The van der Waals surface area contributed by atoms with Crippen molar-refractivity contribution < 1.29 is 9.53 Å². The molecule has 0 saturated carbocycles. The molecule has 0 aliphatic heterocycles. The molecule has 2 aromatic rings. The molecule has 0 amide bonds. The average Bonchev–Trinajstić information content (AvgIpc) is 2.82. The van der Waals surface area contributed by atoms with Crippen LogP contribution in [0.4, 0.5) is 0 Å². The van der Waals surface area contributed by atoms with E-state index in [-0.39, 0.29) is 5.97 Å². The van der Waals surface area contributed by atoms with Crippen molar-refractivity contribution in [1.82, 2.24) is 0 Å². The van der Waals surface area contributed by atoms with Crippen LogP contribution in [-0.4, -0.2) is 13.1 Å². The lowest BCUT2D eigenvalue weighted by molar-refractivity contribution is 0.0606. The highest BCUT2D eigenvalue weighted by atomic mass is 32.1. The zero-order valence-electron chi connectivity index (χ0n) is 10.8. The molecular formula is C15H16O2S. The van der Waals surface area contributed by atoms with Crippen molar-refractivity contribution in [2.45, 2.75) is 20.3 Å². The zero-order chi connectivity index (χ0) is 13.1. The molecule has 0 unspecified atom stereocenters. The van der Waals surface area contributed by atoms with Gasteiger partial charge in [0.1, 0.15) is 4.88 Å². The van der Waals surface area contributed by atoms with Crippen molar-refractivity contribution >= 4 is 33.5 Å². The van der Waals surface area contributed by atoms with E-state index in [2.05, 4.69) is 26.0 Å². The molecule has 2 nitrogen and oxygen atoms in total. The van der Waals surface area contributed by atoms with Crippen LogP contribution >= 0.6 is 11.3 Å². The molecule has 1 aromatic carbocycles. The number of hydrogen-bond acceptors (Lipinski definition) is 3. The number of fused-ring (bicyclic) bond motifs is 1. The first-order valence-electron chi connectivity index (χ1n) is 5.93. The van der Waals surface area contributed by atoms with Crippen LogP contribution < -0.4 is 0 Å².